The third-order valence-electron chi connectivity index (χ3n) is 5.04. The van der Waals surface area contributed by atoms with Crippen molar-refractivity contribution in [2.75, 3.05) is 32.8 Å². The van der Waals surface area contributed by atoms with Crippen molar-refractivity contribution in [2.24, 2.45) is 5.92 Å². The largest absolute Gasteiger partial charge is 0.379 e. The number of carbonyl (C=O) groups is 1. The summed E-state index contributed by atoms with van der Waals surface area (Å²) in [6.07, 6.45) is 2.78. The van der Waals surface area contributed by atoms with Crippen LogP contribution in [-0.4, -0.2) is 56.4 Å². The minimum absolute atomic E-state index is 0.201. The summed E-state index contributed by atoms with van der Waals surface area (Å²) in [7, 11) is -3.49. The molecule has 1 aliphatic carbocycles. The minimum atomic E-state index is -3.49. The predicted octanol–water partition coefficient (Wildman–Crippen LogP) is 1.00. The normalized spacial score (nSPS) is 22.2. The summed E-state index contributed by atoms with van der Waals surface area (Å²) in [6, 6.07) is 5.36. The first-order valence-corrected chi connectivity index (χ1v) is 9.98. The molecule has 24 heavy (non-hydrogen) atoms. The van der Waals surface area contributed by atoms with Gasteiger partial charge in [-0.05, 0) is 42.5 Å². The molecule has 6 nitrogen and oxygen atoms in total. The van der Waals surface area contributed by atoms with Gasteiger partial charge in [0, 0.05) is 32.1 Å². The molecule has 1 aromatic rings. The highest BCUT2D eigenvalue weighted by atomic mass is 32.2. The maximum absolute atomic E-state index is 12.8. The van der Waals surface area contributed by atoms with Gasteiger partial charge in [0.05, 0.1) is 18.1 Å². The van der Waals surface area contributed by atoms with E-state index in [2.05, 4.69) is 0 Å². The molecule has 0 unspecified atom stereocenters. The molecule has 0 radical (unpaired) electrons. The second kappa shape index (κ2) is 6.13. The van der Waals surface area contributed by atoms with Gasteiger partial charge in [0.25, 0.3) is 0 Å². The molecule has 1 saturated heterocycles. The lowest BCUT2D eigenvalue weighted by Gasteiger charge is -2.30. The summed E-state index contributed by atoms with van der Waals surface area (Å²) in [5.74, 6) is 0.425. The molecule has 2 aliphatic heterocycles. The molecule has 0 bridgehead atoms. The zero-order valence-electron chi connectivity index (χ0n) is 13.6. The van der Waals surface area contributed by atoms with E-state index in [0.717, 1.165) is 36.9 Å². The number of nitrogens with zero attached hydrogens (tertiary/aromatic N) is 2. The molecule has 0 aromatic heterocycles. The fourth-order valence-corrected chi connectivity index (χ4v) is 4.87. The van der Waals surface area contributed by atoms with Crippen molar-refractivity contribution >= 4 is 15.9 Å². The zero-order valence-corrected chi connectivity index (χ0v) is 14.4. The number of ether oxygens (including phenoxy) is 1. The highest BCUT2D eigenvalue weighted by molar-refractivity contribution is 7.89. The van der Waals surface area contributed by atoms with Gasteiger partial charge in [0.1, 0.15) is 0 Å². The fraction of sp³-hybridized carbons (Fsp3) is 0.588. The Kier molecular flexibility index (Phi) is 4.10. The van der Waals surface area contributed by atoms with Crippen LogP contribution in [0.1, 0.15) is 24.0 Å². The Morgan fingerprint density at radius 1 is 1.08 bits per heavy atom. The number of hydrogen-bond acceptors (Lipinski definition) is 4. The van der Waals surface area contributed by atoms with Crippen molar-refractivity contribution in [1.82, 2.24) is 9.21 Å². The average molecular weight is 350 g/mol. The quantitative estimate of drug-likeness (QED) is 0.816. The Morgan fingerprint density at radius 2 is 1.83 bits per heavy atom. The van der Waals surface area contributed by atoms with Crippen LogP contribution in [0.25, 0.3) is 0 Å². The van der Waals surface area contributed by atoms with Crippen molar-refractivity contribution in [2.45, 2.75) is 30.7 Å². The second-order valence-corrected chi connectivity index (χ2v) is 8.67. The van der Waals surface area contributed by atoms with Gasteiger partial charge in [0.2, 0.25) is 15.9 Å². The lowest BCUT2D eigenvalue weighted by atomic mass is 9.99. The summed E-state index contributed by atoms with van der Waals surface area (Å²) in [5, 5.41) is 0. The SMILES string of the molecule is O=C(C1CC1)N1CCc2ccc(S(=O)(=O)N3CCOCC3)cc2C1. The van der Waals surface area contributed by atoms with Gasteiger partial charge in [0.15, 0.2) is 0 Å². The Balaban J connectivity index is 1.58. The molecule has 0 spiro atoms. The number of sulfonamides is 1. The molecular formula is C17H22N2O4S. The third-order valence-corrected chi connectivity index (χ3v) is 6.93. The molecule has 0 atom stereocenters. The summed E-state index contributed by atoms with van der Waals surface area (Å²) in [6.45, 7) is 2.92. The van der Waals surface area contributed by atoms with Crippen molar-refractivity contribution in [3.8, 4) is 0 Å². The molecule has 7 heteroatoms. The van der Waals surface area contributed by atoms with Crippen molar-refractivity contribution in [1.29, 1.82) is 0 Å². The maximum atomic E-state index is 12.8. The number of fused-ring (bicyclic) bond motifs is 1. The molecule has 2 heterocycles. The molecular weight excluding hydrogens is 328 g/mol. The van der Waals surface area contributed by atoms with Crippen LogP contribution in [0.4, 0.5) is 0 Å². The van der Waals surface area contributed by atoms with Gasteiger partial charge < -0.3 is 9.64 Å². The molecule has 3 aliphatic rings. The Bertz CT molecular complexity index is 752. The topological polar surface area (TPSA) is 66.9 Å². The van der Waals surface area contributed by atoms with Crippen LogP contribution in [0.5, 0.6) is 0 Å². The number of rotatable bonds is 3. The fourth-order valence-electron chi connectivity index (χ4n) is 3.41. The van der Waals surface area contributed by atoms with Crippen LogP contribution in [-0.2, 0) is 32.5 Å². The molecule has 4 rings (SSSR count). The van der Waals surface area contributed by atoms with Crippen molar-refractivity contribution in [3.63, 3.8) is 0 Å². The molecule has 1 aromatic carbocycles. The number of benzene rings is 1. The molecule has 1 saturated carbocycles. The maximum Gasteiger partial charge on any atom is 0.243 e. The van der Waals surface area contributed by atoms with Gasteiger partial charge in [-0.1, -0.05) is 6.07 Å². The smallest absolute Gasteiger partial charge is 0.243 e. The highest BCUT2D eigenvalue weighted by Crippen LogP contribution is 2.33. The van der Waals surface area contributed by atoms with Crippen LogP contribution in [0, 0.1) is 5.92 Å². The summed E-state index contributed by atoms with van der Waals surface area (Å²) in [4.78, 5) is 14.5. The van der Waals surface area contributed by atoms with Crippen LogP contribution in [0.15, 0.2) is 23.1 Å². The molecule has 0 N–H and O–H groups in total. The van der Waals surface area contributed by atoms with E-state index >= 15 is 0 Å². The summed E-state index contributed by atoms with van der Waals surface area (Å²) < 4.78 is 32.3. The van der Waals surface area contributed by atoms with E-state index in [1.807, 2.05) is 11.0 Å². The Morgan fingerprint density at radius 3 is 2.54 bits per heavy atom. The molecule has 2 fully saturated rings. The third kappa shape index (κ3) is 2.96. The van der Waals surface area contributed by atoms with E-state index in [1.54, 1.807) is 12.1 Å². The number of carbonyl (C=O) groups excluding carboxylic acids is 1. The van der Waals surface area contributed by atoms with Crippen molar-refractivity contribution in [3.05, 3.63) is 29.3 Å². The number of morpholine rings is 1. The van der Waals surface area contributed by atoms with E-state index < -0.39 is 10.0 Å². The predicted molar refractivity (Wildman–Crippen MR) is 87.9 cm³/mol. The average Bonchev–Trinajstić information content (AvgIpc) is 3.46. The van der Waals surface area contributed by atoms with Crippen molar-refractivity contribution < 1.29 is 17.9 Å². The number of amides is 1. The van der Waals surface area contributed by atoms with Gasteiger partial charge in [-0.15, -0.1) is 0 Å². The van der Waals surface area contributed by atoms with Gasteiger partial charge in [-0.2, -0.15) is 4.31 Å². The van der Waals surface area contributed by atoms with E-state index in [4.69, 9.17) is 4.74 Å². The number of hydrogen-bond donors (Lipinski definition) is 0. The van der Waals surface area contributed by atoms with Crippen LogP contribution < -0.4 is 0 Å². The summed E-state index contributed by atoms with van der Waals surface area (Å²) >= 11 is 0. The lowest BCUT2D eigenvalue weighted by molar-refractivity contribution is -0.133. The van der Waals surface area contributed by atoms with Crippen LogP contribution in [0.3, 0.4) is 0 Å². The zero-order chi connectivity index (χ0) is 16.7. The van der Waals surface area contributed by atoms with Crippen LogP contribution in [0.2, 0.25) is 0 Å². The van der Waals surface area contributed by atoms with Gasteiger partial charge >= 0.3 is 0 Å². The first-order valence-electron chi connectivity index (χ1n) is 8.54. The Hall–Kier alpha value is -1.44. The Labute approximate surface area is 142 Å². The van der Waals surface area contributed by atoms with E-state index in [0.29, 0.717) is 37.7 Å². The first kappa shape index (κ1) is 16.1. The van der Waals surface area contributed by atoms with E-state index in [-0.39, 0.29) is 11.8 Å². The molecule has 1 amide bonds. The molecule has 130 valence electrons. The minimum Gasteiger partial charge on any atom is -0.379 e. The van der Waals surface area contributed by atoms with Gasteiger partial charge in [-0.3, -0.25) is 4.79 Å². The summed E-state index contributed by atoms with van der Waals surface area (Å²) in [5.41, 5.74) is 2.11. The van der Waals surface area contributed by atoms with Gasteiger partial charge in [-0.25, -0.2) is 8.42 Å². The monoisotopic (exact) mass is 350 g/mol. The van der Waals surface area contributed by atoms with Crippen LogP contribution >= 0.6 is 0 Å². The second-order valence-electron chi connectivity index (χ2n) is 6.73. The highest BCUT2D eigenvalue weighted by Gasteiger charge is 2.35. The first-order chi connectivity index (χ1) is 11.6. The standard InChI is InChI=1S/C17H22N2O4S/c20-17(14-1-2-14)18-6-5-13-3-4-16(11-15(13)12-18)24(21,22)19-7-9-23-10-8-19/h3-4,11,14H,1-2,5-10,12H2. The van der Waals surface area contributed by atoms with E-state index in [1.165, 1.54) is 4.31 Å². The van der Waals surface area contributed by atoms with E-state index in [9.17, 15) is 13.2 Å². The lowest BCUT2D eigenvalue weighted by Crippen LogP contribution is -2.41.